The van der Waals surface area contributed by atoms with Crippen LogP contribution in [0.5, 0.6) is 5.75 Å². The van der Waals surface area contributed by atoms with Crippen LogP contribution >= 0.6 is 0 Å². The molecule has 1 fully saturated rings. The Morgan fingerprint density at radius 3 is 2.66 bits per heavy atom. The Balaban J connectivity index is 1.38. The summed E-state index contributed by atoms with van der Waals surface area (Å²) in [6, 6.07) is 9.83. The third kappa shape index (κ3) is 4.85. The van der Waals surface area contributed by atoms with E-state index in [9.17, 15) is 4.79 Å². The molecule has 3 aromatic rings. The number of anilines is 1. The topological polar surface area (TPSA) is 101 Å². The largest absolute Gasteiger partial charge is 0.490 e. The van der Waals surface area contributed by atoms with Crippen LogP contribution < -0.4 is 9.64 Å². The Morgan fingerprint density at radius 2 is 1.97 bits per heavy atom. The number of carboxylic acids is 1. The van der Waals surface area contributed by atoms with E-state index in [0.717, 1.165) is 38.1 Å². The smallest absolute Gasteiger partial charge is 0.337 e. The number of carboxylic acid groups (broad SMARTS) is 1. The number of aromatic nitrogens is 4. The Labute approximate surface area is 187 Å². The van der Waals surface area contributed by atoms with Crippen LogP contribution in [0.4, 0.5) is 5.95 Å². The van der Waals surface area contributed by atoms with Crippen LogP contribution in [0.1, 0.15) is 54.9 Å². The normalized spacial score (nSPS) is 15.4. The van der Waals surface area contributed by atoms with E-state index >= 15 is 0 Å². The summed E-state index contributed by atoms with van der Waals surface area (Å²) >= 11 is 0. The maximum atomic E-state index is 11.1. The Kier molecular flexibility index (Phi) is 6.58. The summed E-state index contributed by atoms with van der Waals surface area (Å²) in [5, 5.41) is 17.6. The Bertz CT molecular complexity index is 1070. The first-order valence-corrected chi connectivity index (χ1v) is 10.9. The molecule has 0 saturated carbocycles. The Hall–Kier alpha value is -3.55. The number of hydrogen-bond acceptors (Lipinski definition) is 7. The van der Waals surface area contributed by atoms with Gasteiger partial charge in [-0.05, 0) is 30.0 Å². The van der Waals surface area contributed by atoms with Crippen LogP contribution in [0.15, 0.2) is 48.9 Å². The highest BCUT2D eigenvalue weighted by Crippen LogP contribution is 2.31. The fourth-order valence-electron chi connectivity index (χ4n) is 3.81. The van der Waals surface area contributed by atoms with Crippen molar-refractivity contribution in [2.24, 2.45) is 0 Å². The highest BCUT2D eigenvalue weighted by molar-refractivity contribution is 5.88. The van der Waals surface area contributed by atoms with Gasteiger partial charge in [0.1, 0.15) is 17.5 Å². The molecule has 1 N–H and O–H groups in total. The van der Waals surface area contributed by atoms with Gasteiger partial charge in [0.25, 0.3) is 0 Å². The van der Waals surface area contributed by atoms with Crippen LogP contribution in [-0.2, 0) is 0 Å². The van der Waals surface area contributed by atoms with E-state index in [1.54, 1.807) is 12.4 Å². The number of hydrogen-bond donors (Lipinski definition) is 1. The zero-order chi connectivity index (χ0) is 22.5. The van der Waals surface area contributed by atoms with Gasteiger partial charge in [0, 0.05) is 43.9 Å². The maximum Gasteiger partial charge on any atom is 0.337 e. The van der Waals surface area contributed by atoms with Crippen LogP contribution in [0, 0.1) is 0 Å². The molecule has 1 aliphatic rings. The molecule has 1 aromatic carbocycles. The summed E-state index contributed by atoms with van der Waals surface area (Å²) in [6.45, 7) is 5.99. The number of aromatic carboxylic acids is 1. The molecule has 0 aliphatic carbocycles. The molecular weight excluding hydrogens is 406 g/mol. The lowest BCUT2D eigenvalue weighted by molar-refractivity contribution is 0.0696. The second kappa shape index (κ2) is 9.72. The van der Waals surface area contributed by atoms with Gasteiger partial charge in [0.2, 0.25) is 5.95 Å². The molecule has 1 atom stereocenters. The number of para-hydroxylation sites is 1. The minimum atomic E-state index is -1.03. The van der Waals surface area contributed by atoms with Crippen molar-refractivity contribution in [2.45, 2.75) is 45.1 Å². The molecule has 4 rings (SSSR count). The molecule has 0 bridgehead atoms. The molecule has 0 amide bonds. The molecule has 1 aliphatic heterocycles. The molecule has 166 valence electrons. The number of benzene rings is 1. The molecule has 32 heavy (non-hydrogen) atoms. The Morgan fingerprint density at radius 1 is 1.19 bits per heavy atom. The zero-order valence-electron chi connectivity index (χ0n) is 18.3. The van der Waals surface area contributed by atoms with Gasteiger partial charge < -0.3 is 14.7 Å². The van der Waals surface area contributed by atoms with Crippen molar-refractivity contribution >= 4 is 11.9 Å². The molecular formula is C24H27N5O3. The lowest BCUT2D eigenvalue weighted by atomic mass is 9.97. The third-order valence-corrected chi connectivity index (χ3v) is 5.91. The summed E-state index contributed by atoms with van der Waals surface area (Å²) in [4.78, 5) is 21.7. The first kappa shape index (κ1) is 21.7. The van der Waals surface area contributed by atoms with Gasteiger partial charge in [-0.1, -0.05) is 32.0 Å². The summed E-state index contributed by atoms with van der Waals surface area (Å²) in [7, 11) is 0. The van der Waals surface area contributed by atoms with Gasteiger partial charge in [-0.2, -0.15) is 0 Å². The number of rotatable bonds is 7. The van der Waals surface area contributed by atoms with Crippen LogP contribution in [0.2, 0.25) is 0 Å². The highest BCUT2D eigenvalue weighted by atomic mass is 16.5. The van der Waals surface area contributed by atoms with Gasteiger partial charge >= 0.3 is 5.97 Å². The third-order valence-electron chi connectivity index (χ3n) is 5.91. The van der Waals surface area contributed by atoms with Crippen LogP contribution in [0.3, 0.4) is 0 Å². The van der Waals surface area contributed by atoms with Crippen LogP contribution in [0.25, 0.3) is 11.3 Å². The molecule has 8 heteroatoms. The highest BCUT2D eigenvalue weighted by Gasteiger charge is 2.24. The lowest BCUT2D eigenvalue weighted by Crippen LogP contribution is -2.39. The van der Waals surface area contributed by atoms with Crippen molar-refractivity contribution < 1.29 is 14.6 Å². The molecule has 8 nitrogen and oxygen atoms in total. The van der Waals surface area contributed by atoms with E-state index in [0.29, 0.717) is 23.1 Å². The average molecular weight is 434 g/mol. The van der Waals surface area contributed by atoms with Crippen molar-refractivity contribution in [2.75, 3.05) is 18.0 Å². The maximum absolute atomic E-state index is 11.1. The second-order valence-electron chi connectivity index (χ2n) is 8.06. The predicted molar refractivity (Wildman–Crippen MR) is 121 cm³/mol. The van der Waals surface area contributed by atoms with Gasteiger partial charge in [-0.25, -0.2) is 9.78 Å². The SMILES string of the molecule is CCC(C)c1ccccc1OC1CCN(c2ncc(-c3cncc(C(=O)O)c3)nn2)CC1. The van der Waals surface area contributed by atoms with E-state index < -0.39 is 5.97 Å². The van der Waals surface area contributed by atoms with Gasteiger partial charge in [0.05, 0.1) is 11.8 Å². The molecule has 1 unspecified atom stereocenters. The van der Waals surface area contributed by atoms with Crippen molar-refractivity contribution in [1.29, 1.82) is 0 Å². The van der Waals surface area contributed by atoms with Crippen molar-refractivity contribution in [3.63, 3.8) is 0 Å². The molecule has 2 aromatic heterocycles. The molecule has 3 heterocycles. The van der Waals surface area contributed by atoms with Crippen molar-refractivity contribution in [1.82, 2.24) is 20.2 Å². The summed E-state index contributed by atoms with van der Waals surface area (Å²) in [5.41, 5.74) is 2.43. The van der Waals surface area contributed by atoms with Gasteiger partial charge in [-0.3, -0.25) is 4.98 Å². The summed E-state index contributed by atoms with van der Waals surface area (Å²) < 4.78 is 6.36. The zero-order valence-corrected chi connectivity index (χ0v) is 18.3. The van der Waals surface area contributed by atoms with E-state index in [-0.39, 0.29) is 11.7 Å². The number of carbonyl (C=O) groups is 1. The first-order chi connectivity index (χ1) is 15.5. The van der Waals surface area contributed by atoms with E-state index in [1.807, 2.05) is 6.07 Å². The number of pyridine rings is 1. The number of nitrogens with zero attached hydrogens (tertiary/aromatic N) is 5. The van der Waals surface area contributed by atoms with Crippen molar-refractivity contribution in [3.05, 3.63) is 60.0 Å². The molecule has 1 saturated heterocycles. The predicted octanol–water partition coefficient (Wildman–Crippen LogP) is 4.19. The van der Waals surface area contributed by atoms with Crippen molar-refractivity contribution in [3.8, 4) is 17.0 Å². The van der Waals surface area contributed by atoms with Gasteiger partial charge in [0.15, 0.2) is 0 Å². The minimum absolute atomic E-state index is 0.102. The van der Waals surface area contributed by atoms with E-state index in [4.69, 9.17) is 9.84 Å². The minimum Gasteiger partial charge on any atom is -0.490 e. The molecule has 0 spiro atoms. The first-order valence-electron chi connectivity index (χ1n) is 10.9. The van der Waals surface area contributed by atoms with Crippen LogP contribution in [-0.4, -0.2) is 50.4 Å². The lowest BCUT2D eigenvalue weighted by Gasteiger charge is -2.32. The van der Waals surface area contributed by atoms with Gasteiger partial charge in [-0.15, -0.1) is 10.2 Å². The number of piperidine rings is 1. The fraction of sp³-hybridized carbons (Fsp3) is 0.375. The molecule has 0 radical (unpaired) electrons. The second-order valence-corrected chi connectivity index (χ2v) is 8.06. The number of ether oxygens (including phenoxy) is 1. The summed E-state index contributed by atoms with van der Waals surface area (Å²) in [5.74, 6) is 0.985. The van der Waals surface area contributed by atoms with E-state index in [2.05, 4.69) is 57.1 Å². The fourth-order valence-corrected chi connectivity index (χ4v) is 3.81. The quantitative estimate of drug-likeness (QED) is 0.592. The monoisotopic (exact) mass is 433 g/mol. The van der Waals surface area contributed by atoms with E-state index in [1.165, 1.54) is 17.8 Å². The average Bonchev–Trinajstić information content (AvgIpc) is 2.84. The standard InChI is InChI=1S/C24H27N5O3/c1-3-16(2)20-6-4-5-7-22(20)32-19-8-10-29(11-9-19)24-26-15-21(27-28-24)17-12-18(23(30)31)14-25-13-17/h4-7,12-16,19H,3,8-11H2,1-2H3,(H,30,31). The summed E-state index contributed by atoms with van der Waals surface area (Å²) in [6.07, 6.45) is 7.46.